The molecule has 0 unspecified atom stereocenters. The van der Waals surface area contributed by atoms with Crippen LogP contribution in [-0.2, 0) is 4.74 Å². The molecule has 0 aliphatic rings. The zero-order valence-electron chi connectivity index (χ0n) is 8.59. The molecule has 5 heteroatoms. The molecule has 84 valence electrons. The predicted molar refractivity (Wildman–Crippen MR) is 63.9 cm³/mol. The van der Waals surface area contributed by atoms with Crippen LogP contribution >= 0.6 is 23.2 Å². The summed E-state index contributed by atoms with van der Waals surface area (Å²) in [7, 11) is 0. The van der Waals surface area contributed by atoms with Crippen molar-refractivity contribution in [1.82, 2.24) is 4.98 Å². The van der Waals surface area contributed by atoms with E-state index in [0.29, 0.717) is 15.9 Å². The summed E-state index contributed by atoms with van der Waals surface area (Å²) in [5, 5.41) is 4.20. The van der Waals surface area contributed by atoms with E-state index in [0.717, 1.165) is 26.2 Å². The molecule has 3 nitrogen and oxygen atoms in total. The predicted octanol–water partition coefficient (Wildman–Crippen LogP) is 3.23. The number of nitrogens with one attached hydrogen (secondary N) is 1. The molecule has 0 aliphatic heterocycles. The first kappa shape index (κ1) is 12.6. The van der Waals surface area contributed by atoms with Crippen LogP contribution in [0.25, 0.3) is 0 Å². The molecule has 1 aromatic heterocycles. The fraction of sp³-hybridized carbons (Fsp3) is 0.500. The number of nitrogens with zero attached hydrogens (tertiary/aromatic N) is 1. The van der Waals surface area contributed by atoms with Gasteiger partial charge in [-0.15, -0.1) is 0 Å². The van der Waals surface area contributed by atoms with Gasteiger partial charge in [0, 0.05) is 26.0 Å². The van der Waals surface area contributed by atoms with Gasteiger partial charge in [-0.1, -0.05) is 23.2 Å². The smallest absolute Gasteiger partial charge is 0.144 e. The molecular formula is C10H14Cl2N2O. The number of ether oxygens (including phenoxy) is 1. The molecule has 0 fully saturated rings. The zero-order valence-corrected chi connectivity index (χ0v) is 10.1. The molecular weight excluding hydrogens is 235 g/mol. The Kier molecular flexibility index (Phi) is 5.76. The van der Waals surface area contributed by atoms with Crippen molar-refractivity contribution in [2.45, 2.75) is 13.3 Å². The SMILES string of the molecule is CCOCCCNc1ncc(Cl)cc1Cl. The van der Waals surface area contributed by atoms with E-state index >= 15 is 0 Å². The van der Waals surface area contributed by atoms with Crippen LogP contribution in [-0.4, -0.2) is 24.7 Å². The van der Waals surface area contributed by atoms with Crippen LogP contribution < -0.4 is 5.32 Å². The van der Waals surface area contributed by atoms with Gasteiger partial charge in [-0.3, -0.25) is 0 Å². The van der Waals surface area contributed by atoms with Gasteiger partial charge in [-0.05, 0) is 19.4 Å². The van der Waals surface area contributed by atoms with Gasteiger partial charge in [0.25, 0.3) is 0 Å². The lowest BCUT2D eigenvalue weighted by Gasteiger charge is -2.07. The Morgan fingerprint density at radius 3 is 2.93 bits per heavy atom. The second kappa shape index (κ2) is 6.88. The fourth-order valence-corrected chi connectivity index (χ4v) is 1.52. The molecule has 0 amide bonds. The van der Waals surface area contributed by atoms with Crippen molar-refractivity contribution in [3.8, 4) is 0 Å². The van der Waals surface area contributed by atoms with E-state index in [9.17, 15) is 0 Å². The van der Waals surface area contributed by atoms with E-state index in [-0.39, 0.29) is 0 Å². The molecule has 0 atom stereocenters. The molecule has 0 spiro atoms. The van der Waals surface area contributed by atoms with Crippen molar-refractivity contribution in [3.63, 3.8) is 0 Å². The highest BCUT2D eigenvalue weighted by Crippen LogP contribution is 2.22. The Labute approximate surface area is 99.7 Å². The van der Waals surface area contributed by atoms with E-state index in [1.54, 1.807) is 12.3 Å². The van der Waals surface area contributed by atoms with Gasteiger partial charge >= 0.3 is 0 Å². The topological polar surface area (TPSA) is 34.1 Å². The number of anilines is 1. The summed E-state index contributed by atoms with van der Waals surface area (Å²) in [5.74, 6) is 0.664. The molecule has 15 heavy (non-hydrogen) atoms. The van der Waals surface area contributed by atoms with E-state index in [2.05, 4.69) is 10.3 Å². The quantitative estimate of drug-likeness (QED) is 0.786. The Hall–Kier alpha value is -0.510. The molecule has 0 saturated heterocycles. The van der Waals surface area contributed by atoms with Gasteiger partial charge in [-0.25, -0.2) is 4.98 Å². The minimum atomic E-state index is 0.541. The molecule has 0 saturated carbocycles. The van der Waals surface area contributed by atoms with Crippen molar-refractivity contribution < 1.29 is 4.74 Å². The Bertz CT molecular complexity index is 307. The average Bonchev–Trinajstić information content (AvgIpc) is 2.20. The van der Waals surface area contributed by atoms with Crippen LogP contribution in [0.1, 0.15) is 13.3 Å². The average molecular weight is 249 g/mol. The Balaban J connectivity index is 2.31. The molecule has 0 radical (unpaired) electrons. The van der Waals surface area contributed by atoms with Crippen LogP contribution in [0.4, 0.5) is 5.82 Å². The first-order valence-electron chi connectivity index (χ1n) is 4.86. The standard InChI is InChI=1S/C10H14Cl2N2O/c1-2-15-5-3-4-13-10-9(12)6-8(11)7-14-10/h6-7H,2-5H2,1H3,(H,13,14). The summed E-state index contributed by atoms with van der Waals surface area (Å²) in [6, 6.07) is 1.67. The van der Waals surface area contributed by atoms with Crippen molar-refractivity contribution in [3.05, 3.63) is 22.3 Å². The van der Waals surface area contributed by atoms with E-state index < -0.39 is 0 Å². The minimum Gasteiger partial charge on any atom is -0.382 e. The van der Waals surface area contributed by atoms with Crippen molar-refractivity contribution in [2.24, 2.45) is 0 Å². The van der Waals surface area contributed by atoms with Gasteiger partial charge in [0.1, 0.15) is 5.82 Å². The van der Waals surface area contributed by atoms with E-state index in [1.165, 1.54) is 0 Å². The molecule has 0 aliphatic carbocycles. The fourth-order valence-electron chi connectivity index (χ4n) is 1.07. The van der Waals surface area contributed by atoms with Gasteiger partial charge in [-0.2, -0.15) is 0 Å². The van der Waals surface area contributed by atoms with Crippen LogP contribution in [0.15, 0.2) is 12.3 Å². The monoisotopic (exact) mass is 248 g/mol. The van der Waals surface area contributed by atoms with Crippen molar-refractivity contribution >= 4 is 29.0 Å². The highest BCUT2D eigenvalue weighted by Gasteiger charge is 2.01. The summed E-state index contributed by atoms with van der Waals surface area (Å²) in [5.41, 5.74) is 0. The molecule has 1 aromatic rings. The number of hydrogen-bond donors (Lipinski definition) is 1. The zero-order chi connectivity index (χ0) is 11.1. The molecule has 1 N–H and O–H groups in total. The lowest BCUT2D eigenvalue weighted by Crippen LogP contribution is -2.07. The van der Waals surface area contributed by atoms with Crippen LogP contribution in [0.2, 0.25) is 10.0 Å². The lowest BCUT2D eigenvalue weighted by atomic mass is 10.4. The molecule has 1 heterocycles. The maximum absolute atomic E-state index is 5.93. The first-order valence-corrected chi connectivity index (χ1v) is 5.62. The maximum Gasteiger partial charge on any atom is 0.144 e. The largest absolute Gasteiger partial charge is 0.382 e. The number of pyridine rings is 1. The Morgan fingerprint density at radius 2 is 2.27 bits per heavy atom. The number of hydrogen-bond acceptors (Lipinski definition) is 3. The summed E-state index contributed by atoms with van der Waals surface area (Å²) in [4.78, 5) is 4.08. The lowest BCUT2D eigenvalue weighted by molar-refractivity contribution is 0.147. The first-order chi connectivity index (χ1) is 7.24. The molecule has 1 rings (SSSR count). The van der Waals surface area contributed by atoms with Gasteiger partial charge in [0.15, 0.2) is 0 Å². The highest BCUT2D eigenvalue weighted by molar-refractivity contribution is 6.35. The third kappa shape index (κ3) is 4.69. The Morgan fingerprint density at radius 1 is 1.47 bits per heavy atom. The second-order valence-electron chi connectivity index (χ2n) is 2.96. The normalized spacial score (nSPS) is 10.3. The van der Waals surface area contributed by atoms with Crippen LogP contribution in [0.3, 0.4) is 0 Å². The van der Waals surface area contributed by atoms with E-state index in [1.807, 2.05) is 6.92 Å². The number of halogens is 2. The minimum absolute atomic E-state index is 0.541. The van der Waals surface area contributed by atoms with Gasteiger partial charge < -0.3 is 10.1 Å². The third-order valence-corrected chi connectivity index (χ3v) is 2.26. The summed E-state index contributed by atoms with van der Waals surface area (Å²) < 4.78 is 5.21. The summed E-state index contributed by atoms with van der Waals surface area (Å²) in [6.07, 6.45) is 2.49. The van der Waals surface area contributed by atoms with Crippen LogP contribution in [0, 0.1) is 0 Å². The highest BCUT2D eigenvalue weighted by atomic mass is 35.5. The van der Waals surface area contributed by atoms with E-state index in [4.69, 9.17) is 27.9 Å². The second-order valence-corrected chi connectivity index (χ2v) is 3.80. The van der Waals surface area contributed by atoms with Crippen molar-refractivity contribution in [1.29, 1.82) is 0 Å². The van der Waals surface area contributed by atoms with Gasteiger partial charge in [0.2, 0.25) is 0 Å². The maximum atomic E-state index is 5.93. The van der Waals surface area contributed by atoms with Gasteiger partial charge in [0.05, 0.1) is 10.0 Å². The number of rotatable bonds is 6. The van der Waals surface area contributed by atoms with Crippen LogP contribution in [0.5, 0.6) is 0 Å². The summed E-state index contributed by atoms with van der Waals surface area (Å²) >= 11 is 11.7. The number of aromatic nitrogens is 1. The molecule has 0 aromatic carbocycles. The molecule has 0 bridgehead atoms. The third-order valence-electron chi connectivity index (χ3n) is 1.77. The summed E-state index contributed by atoms with van der Waals surface area (Å²) in [6.45, 7) is 4.26. The van der Waals surface area contributed by atoms with Crippen molar-refractivity contribution in [2.75, 3.05) is 25.1 Å².